The maximum Gasteiger partial charge on any atom is 0.351 e. The lowest BCUT2D eigenvalue weighted by atomic mass is 9.93. The first kappa shape index (κ1) is 25.7. The molecule has 32 heavy (non-hydrogen) atoms. The van der Waals surface area contributed by atoms with Gasteiger partial charge in [-0.2, -0.15) is 0 Å². The van der Waals surface area contributed by atoms with Gasteiger partial charge in [-0.3, -0.25) is 0 Å². The van der Waals surface area contributed by atoms with Gasteiger partial charge in [-0.25, -0.2) is 18.6 Å². The van der Waals surface area contributed by atoms with Gasteiger partial charge >= 0.3 is 5.97 Å². The summed E-state index contributed by atoms with van der Waals surface area (Å²) >= 11 is 1.10. The number of halogens is 2. The van der Waals surface area contributed by atoms with Gasteiger partial charge < -0.3 is 10.5 Å². The van der Waals surface area contributed by atoms with Crippen molar-refractivity contribution in [2.24, 2.45) is 0 Å². The number of unbranched alkanes of at least 4 members (excludes halogenated alkanes) is 3. The van der Waals surface area contributed by atoms with Crippen LogP contribution in [0.2, 0.25) is 0 Å². The van der Waals surface area contributed by atoms with Crippen LogP contribution in [0.3, 0.4) is 0 Å². The molecule has 4 nitrogen and oxygen atoms in total. The summed E-state index contributed by atoms with van der Waals surface area (Å²) in [5.41, 5.74) is 7.19. The smallest absolute Gasteiger partial charge is 0.351 e. The molecule has 0 aromatic carbocycles. The number of pyridine rings is 1. The minimum absolute atomic E-state index is 0.0558. The number of carbonyl (C=O) groups is 1. The zero-order valence-electron chi connectivity index (χ0n) is 19.4. The molecule has 0 amide bonds. The fraction of sp³-hybridized carbons (Fsp3) is 0.440. The number of rotatable bonds is 9. The van der Waals surface area contributed by atoms with Gasteiger partial charge in [-0.05, 0) is 46.1 Å². The molecule has 0 atom stereocenters. The number of hydrogen-bond acceptors (Lipinski definition) is 5. The van der Waals surface area contributed by atoms with Crippen LogP contribution in [0.4, 0.5) is 14.5 Å². The van der Waals surface area contributed by atoms with E-state index < -0.39 is 17.4 Å². The molecule has 0 bridgehead atoms. The van der Waals surface area contributed by atoms with Gasteiger partial charge in [-0.15, -0.1) is 11.3 Å². The zero-order valence-corrected chi connectivity index (χ0v) is 20.2. The highest BCUT2D eigenvalue weighted by atomic mass is 32.1. The lowest BCUT2D eigenvalue weighted by molar-refractivity contribution is 0.00764. The fourth-order valence-corrected chi connectivity index (χ4v) is 4.32. The Hall–Kier alpha value is -2.54. The molecule has 0 saturated carbocycles. The number of carbonyl (C=O) groups excluding carboxylic acids is 1. The van der Waals surface area contributed by atoms with Gasteiger partial charge in [0.05, 0.1) is 5.69 Å². The minimum atomic E-state index is -1.00. The molecule has 0 aliphatic carbocycles. The Balaban J connectivity index is 2.75. The van der Waals surface area contributed by atoms with E-state index in [1.54, 1.807) is 46.0 Å². The topological polar surface area (TPSA) is 65.2 Å². The van der Waals surface area contributed by atoms with Crippen molar-refractivity contribution in [3.8, 4) is 0 Å². The van der Waals surface area contributed by atoms with Crippen LogP contribution in [-0.4, -0.2) is 16.6 Å². The molecule has 0 unspecified atom stereocenters. The summed E-state index contributed by atoms with van der Waals surface area (Å²) in [7, 11) is 0. The zero-order chi connectivity index (χ0) is 23.9. The van der Waals surface area contributed by atoms with E-state index in [1.807, 2.05) is 0 Å². The molecule has 2 aromatic heterocycles. The minimum Gasteiger partial charge on any atom is -0.456 e. The average molecular weight is 463 g/mol. The lowest BCUT2D eigenvalue weighted by Crippen LogP contribution is -2.23. The SMILES string of the molecule is C\C=C/C=C(\C(F)=C\F)c1c(CCCCCC)cnc2sc(C(=O)OC(C)(C)C)c(N)c12. The number of aryl methyl sites for hydroxylation is 1. The van der Waals surface area contributed by atoms with Crippen LogP contribution >= 0.6 is 11.3 Å². The van der Waals surface area contributed by atoms with Crippen molar-refractivity contribution >= 4 is 38.8 Å². The Morgan fingerprint density at radius 3 is 2.59 bits per heavy atom. The first-order valence-electron chi connectivity index (χ1n) is 10.9. The number of nitrogens with two attached hydrogens (primary N) is 1. The molecule has 0 radical (unpaired) electrons. The Morgan fingerprint density at radius 1 is 1.28 bits per heavy atom. The summed E-state index contributed by atoms with van der Waals surface area (Å²) in [4.78, 5) is 17.9. The molecular weight excluding hydrogens is 430 g/mol. The molecule has 0 aliphatic rings. The second-order valence-electron chi connectivity index (χ2n) is 8.56. The summed E-state index contributed by atoms with van der Waals surface area (Å²) in [6.07, 6.45) is 11.2. The van der Waals surface area contributed by atoms with Crippen LogP contribution in [0.15, 0.2) is 36.6 Å². The van der Waals surface area contributed by atoms with Gasteiger partial charge in [0.15, 0.2) is 5.83 Å². The maximum atomic E-state index is 14.7. The third kappa shape index (κ3) is 6.25. The normalized spacial score (nSPS) is 13.3. The summed E-state index contributed by atoms with van der Waals surface area (Å²) in [5, 5.41) is 0.455. The predicted molar refractivity (Wildman–Crippen MR) is 130 cm³/mol. The lowest BCUT2D eigenvalue weighted by Gasteiger charge is -2.19. The van der Waals surface area contributed by atoms with Crippen molar-refractivity contribution in [3.63, 3.8) is 0 Å². The molecule has 0 spiro atoms. The van der Waals surface area contributed by atoms with Crippen LogP contribution < -0.4 is 5.73 Å². The van der Waals surface area contributed by atoms with Gasteiger partial charge in [0.1, 0.15) is 21.6 Å². The molecule has 2 heterocycles. The van der Waals surface area contributed by atoms with Gasteiger partial charge in [0.25, 0.3) is 0 Å². The standard InChI is InChI=1S/C25H32F2N2O2S/c1-6-8-10-11-12-16-15-29-23-20(19(16)17(13-9-7-2)18(27)14-26)21(28)22(32-23)24(30)31-25(3,4)5/h7,9,13-15H,6,8,10-12,28H2,1-5H3/b9-7-,17-13+,18-14-. The predicted octanol–water partition coefficient (Wildman–Crippen LogP) is 7.70. The van der Waals surface area contributed by atoms with Crippen molar-refractivity contribution in [3.05, 3.63) is 52.6 Å². The molecule has 2 rings (SSSR count). The number of nitrogens with zero attached hydrogens (tertiary/aromatic N) is 1. The summed E-state index contributed by atoms with van der Waals surface area (Å²) in [6.45, 7) is 9.23. The molecule has 0 aliphatic heterocycles. The van der Waals surface area contributed by atoms with E-state index in [9.17, 15) is 13.6 Å². The van der Waals surface area contributed by atoms with Crippen LogP contribution in [0, 0.1) is 0 Å². The molecule has 0 saturated heterocycles. The fourth-order valence-electron chi connectivity index (χ4n) is 3.37. The number of allylic oxidation sites excluding steroid dienone is 5. The number of anilines is 1. The van der Waals surface area contributed by atoms with E-state index >= 15 is 0 Å². The molecule has 7 heteroatoms. The first-order valence-corrected chi connectivity index (χ1v) is 11.7. The number of thiophene rings is 1. The summed E-state index contributed by atoms with van der Waals surface area (Å²) in [5.74, 6) is -1.57. The molecule has 2 N–H and O–H groups in total. The quantitative estimate of drug-likeness (QED) is 0.236. The monoisotopic (exact) mass is 462 g/mol. The van der Waals surface area contributed by atoms with Crippen LogP contribution in [0.25, 0.3) is 15.8 Å². The van der Waals surface area contributed by atoms with E-state index in [-0.39, 0.29) is 22.5 Å². The number of ether oxygens (including phenoxy) is 1. The second kappa shape index (κ2) is 11.4. The van der Waals surface area contributed by atoms with E-state index in [0.717, 1.165) is 42.6 Å². The molecule has 2 aromatic rings. The molecule has 0 fully saturated rings. The van der Waals surface area contributed by atoms with E-state index in [4.69, 9.17) is 10.5 Å². The highest BCUT2D eigenvalue weighted by Crippen LogP contribution is 2.42. The van der Waals surface area contributed by atoms with Crippen LogP contribution in [0.1, 0.15) is 81.1 Å². The van der Waals surface area contributed by atoms with Crippen molar-refractivity contribution in [2.45, 2.75) is 72.3 Å². The summed E-state index contributed by atoms with van der Waals surface area (Å²) < 4.78 is 33.5. The van der Waals surface area contributed by atoms with E-state index in [2.05, 4.69) is 11.9 Å². The van der Waals surface area contributed by atoms with Gasteiger partial charge in [0, 0.05) is 22.7 Å². The van der Waals surface area contributed by atoms with Crippen molar-refractivity contribution < 1.29 is 18.3 Å². The third-order valence-corrected chi connectivity index (χ3v) is 5.89. The van der Waals surface area contributed by atoms with Gasteiger partial charge in [-0.1, -0.05) is 44.4 Å². The average Bonchev–Trinajstić information content (AvgIpc) is 3.07. The molecular formula is C25H32F2N2O2S. The Bertz CT molecular complexity index is 1050. The van der Waals surface area contributed by atoms with E-state index in [1.165, 1.54) is 6.08 Å². The van der Waals surface area contributed by atoms with Crippen LogP contribution in [0.5, 0.6) is 0 Å². The van der Waals surface area contributed by atoms with Crippen molar-refractivity contribution in [1.29, 1.82) is 0 Å². The van der Waals surface area contributed by atoms with E-state index in [0.29, 0.717) is 22.2 Å². The number of hydrogen-bond donors (Lipinski definition) is 1. The van der Waals surface area contributed by atoms with Crippen LogP contribution in [-0.2, 0) is 11.2 Å². The first-order chi connectivity index (χ1) is 15.1. The van der Waals surface area contributed by atoms with Crippen molar-refractivity contribution in [2.75, 3.05) is 5.73 Å². The maximum absolute atomic E-state index is 14.7. The Morgan fingerprint density at radius 2 is 2.00 bits per heavy atom. The Kier molecular flexibility index (Phi) is 9.13. The number of aromatic nitrogens is 1. The van der Waals surface area contributed by atoms with Gasteiger partial charge in [0.2, 0.25) is 0 Å². The summed E-state index contributed by atoms with van der Waals surface area (Å²) in [6, 6.07) is 0. The largest absolute Gasteiger partial charge is 0.456 e. The second-order valence-corrected chi connectivity index (χ2v) is 9.56. The van der Waals surface area contributed by atoms with Crippen molar-refractivity contribution in [1.82, 2.24) is 4.98 Å². The third-order valence-electron chi connectivity index (χ3n) is 4.80. The molecule has 174 valence electrons. The Labute approximate surface area is 192 Å². The highest BCUT2D eigenvalue weighted by molar-refractivity contribution is 7.21. The number of fused-ring (bicyclic) bond motifs is 1. The number of nitrogen functional groups attached to an aromatic ring is 1. The highest BCUT2D eigenvalue weighted by Gasteiger charge is 2.27. The number of esters is 1.